The Balaban J connectivity index is 1.74. The van der Waals surface area contributed by atoms with E-state index < -0.39 is 34.6 Å². The van der Waals surface area contributed by atoms with Crippen LogP contribution in [0.2, 0.25) is 5.02 Å². The summed E-state index contributed by atoms with van der Waals surface area (Å²) >= 11 is 6.12. The van der Waals surface area contributed by atoms with Crippen LogP contribution in [0.4, 0.5) is 13.2 Å². The van der Waals surface area contributed by atoms with Gasteiger partial charge in [-0.25, -0.2) is 4.79 Å². The maximum Gasteiger partial charge on any atom is 0.416 e. The molecule has 1 aliphatic carbocycles. The first-order valence-corrected chi connectivity index (χ1v) is 9.99. The third-order valence-electron chi connectivity index (χ3n) is 5.21. The van der Waals surface area contributed by atoms with Crippen LogP contribution < -0.4 is 15.5 Å². The molecule has 33 heavy (non-hydrogen) atoms. The quantitative estimate of drug-likeness (QED) is 0.528. The van der Waals surface area contributed by atoms with Gasteiger partial charge in [0, 0.05) is 6.07 Å². The van der Waals surface area contributed by atoms with Gasteiger partial charge in [0.25, 0.3) is 0 Å². The topological polar surface area (TPSA) is 106 Å². The normalized spacial score (nSPS) is 14.7. The van der Waals surface area contributed by atoms with E-state index in [1.54, 1.807) is 6.07 Å². The smallest absolute Gasteiger partial charge is 0.416 e. The summed E-state index contributed by atoms with van der Waals surface area (Å²) in [6.45, 7) is -0.279. The average molecular weight is 482 g/mol. The lowest BCUT2D eigenvalue weighted by atomic mass is 10.1. The minimum Gasteiger partial charge on any atom is -0.490 e. The van der Waals surface area contributed by atoms with Gasteiger partial charge in [0.1, 0.15) is 18.1 Å². The number of carbonyl (C=O) groups excluding carboxylic acids is 1. The van der Waals surface area contributed by atoms with Crippen molar-refractivity contribution >= 4 is 34.4 Å². The fourth-order valence-corrected chi connectivity index (χ4v) is 3.48. The Morgan fingerprint density at radius 2 is 1.91 bits per heavy atom. The van der Waals surface area contributed by atoms with Crippen LogP contribution in [-0.2, 0) is 15.8 Å². The SMILES string of the molecule is O=C(O)C(=O)NC1(COc2cc(C(F)(F)F)ccc2-c2cc(=O)c3cccc(Cl)c3o2)CC1. The van der Waals surface area contributed by atoms with Crippen LogP contribution in [0.5, 0.6) is 5.75 Å². The molecule has 7 nitrogen and oxygen atoms in total. The van der Waals surface area contributed by atoms with E-state index in [1.165, 1.54) is 12.1 Å². The Hall–Kier alpha value is -3.53. The molecule has 0 atom stereocenters. The summed E-state index contributed by atoms with van der Waals surface area (Å²) in [5.41, 5.74) is -2.33. The van der Waals surface area contributed by atoms with Crippen LogP contribution in [0, 0.1) is 0 Å². The van der Waals surface area contributed by atoms with Crippen LogP contribution in [0.1, 0.15) is 18.4 Å². The van der Waals surface area contributed by atoms with Crippen molar-refractivity contribution in [3.63, 3.8) is 0 Å². The van der Waals surface area contributed by atoms with Crippen LogP contribution in [0.3, 0.4) is 0 Å². The van der Waals surface area contributed by atoms with E-state index in [-0.39, 0.29) is 39.7 Å². The summed E-state index contributed by atoms with van der Waals surface area (Å²) in [4.78, 5) is 34.8. The maximum atomic E-state index is 13.3. The average Bonchev–Trinajstić information content (AvgIpc) is 3.51. The number of fused-ring (bicyclic) bond motifs is 1. The van der Waals surface area contributed by atoms with Gasteiger partial charge < -0.3 is 19.6 Å². The predicted octanol–water partition coefficient (Wildman–Crippen LogP) is 4.24. The molecule has 0 aliphatic heterocycles. The highest BCUT2D eigenvalue weighted by atomic mass is 35.5. The van der Waals surface area contributed by atoms with Crippen molar-refractivity contribution in [3.8, 4) is 17.1 Å². The number of aliphatic carboxylic acids is 1. The van der Waals surface area contributed by atoms with Gasteiger partial charge in [0.2, 0.25) is 0 Å². The lowest BCUT2D eigenvalue weighted by molar-refractivity contribution is -0.150. The molecule has 172 valence electrons. The zero-order chi connectivity index (χ0) is 24.0. The van der Waals surface area contributed by atoms with E-state index >= 15 is 0 Å². The van der Waals surface area contributed by atoms with E-state index in [4.69, 9.17) is 25.9 Å². The fourth-order valence-electron chi connectivity index (χ4n) is 3.26. The van der Waals surface area contributed by atoms with Crippen molar-refractivity contribution in [1.82, 2.24) is 5.32 Å². The van der Waals surface area contributed by atoms with E-state index in [9.17, 15) is 27.6 Å². The second kappa shape index (κ2) is 8.11. The van der Waals surface area contributed by atoms with Crippen molar-refractivity contribution in [1.29, 1.82) is 0 Å². The first-order chi connectivity index (χ1) is 15.5. The fraction of sp³-hybridized carbons (Fsp3) is 0.227. The molecule has 0 saturated heterocycles. The van der Waals surface area contributed by atoms with Crippen LogP contribution in [0.15, 0.2) is 51.7 Å². The lowest BCUT2D eigenvalue weighted by Gasteiger charge is -2.19. The molecular weight excluding hydrogens is 467 g/mol. The van der Waals surface area contributed by atoms with Gasteiger partial charge in [-0.3, -0.25) is 9.59 Å². The number of carboxylic acid groups (broad SMARTS) is 1. The predicted molar refractivity (Wildman–Crippen MR) is 111 cm³/mol. The number of rotatable bonds is 5. The molecule has 1 aromatic heterocycles. The van der Waals surface area contributed by atoms with Crippen molar-refractivity contribution in [3.05, 3.63) is 63.3 Å². The van der Waals surface area contributed by atoms with Gasteiger partial charge in [-0.1, -0.05) is 17.7 Å². The lowest BCUT2D eigenvalue weighted by Crippen LogP contribution is -2.44. The summed E-state index contributed by atoms with van der Waals surface area (Å²) in [7, 11) is 0. The molecule has 0 unspecified atom stereocenters. The first-order valence-electron chi connectivity index (χ1n) is 9.61. The molecule has 4 rings (SSSR count). The van der Waals surface area contributed by atoms with Crippen molar-refractivity contribution in [2.24, 2.45) is 0 Å². The highest BCUT2D eigenvalue weighted by Crippen LogP contribution is 2.41. The summed E-state index contributed by atoms with van der Waals surface area (Å²) in [6.07, 6.45) is -3.89. The van der Waals surface area contributed by atoms with Crippen LogP contribution in [-0.4, -0.2) is 29.1 Å². The van der Waals surface area contributed by atoms with Crippen molar-refractivity contribution in [2.45, 2.75) is 24.6 Å². The highest BCUT2D eigenvalue weighted by molar-refractivity contribution is 6.34. The molecule has 1 heterocycles. The number of hydrogen-bond donors (Lipinski definition) is 2. The maximum absolute atomic E-state index is 13.3. The van der Waals surface area contributed by atoms with Gasteiger partial charge in [-0.15, -0.1) is 0 Å². The number of hydrogen-bond acceptors (Lipinski definition) is 5. The molecule has 11 heteroatoms. The van der Waals surface area contributed by atoms with E-state index in [0.717, 1.165) is 24.3 Å². The number of amides is 1. The molecule has 0 bridgehead atoms. The largest absolute Gasteiger partial charge is 0.490 e. The van der Waals surface area contributed by atoms with Crippen molar-refractivity contribution < 1.29 is 37.0 Å². The summed E-state index contributed by atoms with van der Waals surface area (Å²) in [6, 6.07) is 8.36. The Morgan fingerprint density at radius 3 is 2.55 bits per heavy atom. The van der Waals surface area contributed by atoms with E-state index in [1.807, 2.05) is 0 Å². The summed E-state index contributed by atoms with van der Waals surface area (Å²) in [5, 5.41) is 11.4. The number of halogens is 4. The molecule has 0 radical (unpaired) electrons. The van der Waals surface area contributed by atoms with Gasteiger partial charge in [-0.05, 0) is 43.2 Å². The monoisotopic (exact) mass is 481 g/mol. The van der Waals surface area contributed by atoms with E-state index in [0.29, 0.717) is 12.8 Å². The van der Waals surface area contributed by atoms with Gasteiger partial charge in [-0.2, -0.15) is 13.2 Å². The molecular formula is C22H15ClF3NO6. The standard InChI is InChI=1S/C22H15ClF3NO6/c23-14-3-1-2-12-15(28)9-17(33-18(12)14)13-5-4-11(22(24,25)26)8-16(13)32-10-21(6-7-21)27-19(29)20(30)31/h1-5,8-9H,6-7,10H2,(H,27,29)(H,30,31). The number of para-hydroxylation sites is 1. The minimum atomic E-state index is -4.67. The molecule has 2 aromatic carbocycles. The Labute approximate surface area is 188 Å². The van der Waals surface area contributed by atoms with Crippen molar-refractivity contribution in [2.75, 3.05) is 6.61 Å². The number of carbonyl (C=O) groups is 2. The minimum absolute atomic E-state index is 0.0577. The molecule has 1 aliphatic rings. The summed E-state index contributed by atoms with van der Waals surface area (Å²) in [5.74, 6) is -3.25. The van der Waals surface area contributed by atoms with E-state index in [2.05, 4.69) is 5.32 Å². The van der Waals surface area contributed by atoms with Gasteiger partial charge >= 0.3 is 18.1 Å². The van der Waals surface area contributed by atoms with Crippen LogP contribution >= 0.6 is 11.6 Å². The molecule has 0 spiro atoms. The molecule has 1 saturated carbocycles. The number of benzene rings is 2. The second-order valence-corrected chi connectivity index (χ2v) is 8.04. The molecule has 1 amide bonds. The third kappa shape index (κ3) is 4.65. The second-order valence-electron chi connectivity index (χ2n) is 7.63. The molecule has 2 N–H and O–H groups in total. The number of carboxylic acids is 1. The number of nitrogens with one attached hydrogen (secondary N) is 1. The Kier molecular flexibility index (Phi) is 5.57. The zero-order valence-corrected chi connectivity index (χ0v) is 17.4. The molecule has 1 fully saturated rings. The Bertz CT molecular complexity index is 1330. The Morgan fingerprint density at radius 1 is 1.18 bits per heavy atom. The first kappa shape index (κ1) is 22.7. The van der Waals surface area contributed by atoms with Gasteiger partial charge in [0.05, 0.1) is 27.1 Å². The third-order valence-corrected chi connectivity index (χ3v) is 5.51. The zero-order valence-electron chi connectivity index (χ0n) is 16.7. The van der Waals surface area contributed by atoms with Gasteiger partial charge in [0.15, 0.2) is 11.0 Å². The number of alkyl halides is 3. The molecule has 3 aromatic rings. The van der Waals surface area contributed by atoms with Crippen LogP contribution in [0.25, 0.3) is 22.3 Å². The number of ether oxygens (including phenoxy) is 1. The summed E-state index contributed by atoms with van der Waals surface area (Å²) < 4.78 is 51.3. The highest BCUT2D eigenvalue weighted by Gasteiger charge is 2.46.